The van der Waals surface area contributed by atoms with Crippen molar-refractivity contribution in [3.8, 4) is 0 Å². The molecule has 13 heteroatoms. The third kappa shape index (κ3) is 8.44. The molecule has 9 N–H and O–H groups in total. The molecule has 13 nitrogen and oxygen atoms in total. The largest absolute Gasteiger partial charge is 0.480 e. The Bertz CT molecular complexity index is 690. The highest BCUT2D eigenvalue weighted by molar-refractivity contribution is 5.93. The van der Waals surface area contributed by atoms with Gasteiger partial charge in [0, 0.05) is 18.3 Å². The number of hydrogen-bond donors (Lipinski definition) is 7. The van der Waals surface area contributed by atoms with Crippen LogP contribution in [0, 0.1) is 0 Å². The Balaban J connectivity index is 2.68. The number of carbonyl (C=O) groups is 5. The maximum atomic E-state index is 12.3. The molecular formula is C14H21N7O6. The van der Waals surface area contributed by atoms with Crippen LogP contribution in [0.4, 0.5) is 0 Å². The monoisotopic (exact) mass is 383 g/mol. The Kier molecular flexibility index (Phi) is 8.38. The van der Waals surface area contributed by atoms with E-state index in [1.54, 1.807) is 0 Å². The average Bonchev–Trinajstić information content (AvgIpc) is 3.09. The number of carbonyl (C=O) groups excluding carboxylic acids is 4. The van der Waals surface area contributed by atoms with Gasteiger partial charge in [0.2, 0.25) is 23.6 Å². The van der Waals surface area contributed by atoms with Crippen LogP contribution in [0.25, 0.3) is 0 Å². The summed E-state index contributed by atoms with van der Waals surface area (Å²) in [6.45, 7) is -1.08. The van der Waals surface area contributed by atoms with Crippen molar-refractivity contribution in [3.63, 3.8) is 0 Å². The number of aliphatic carboxylic acids is 1. The lowest BCUT2D eigenvalue weighted by molar-refractivity contribution is -0.138. The highest BCUT2D eigenvalue weighted by atomic mass is 16.4. The number of rotatable bonds is 11. The van der Waals surface area contributed by atoms with Crippen molar-refractivity contribution < 1.29 is 29.1 Å². The predicted octanol–water partition coefficient (Wildman–Crippen LogP) is -4.04. The fourth-order valence-corrected chi connectivity index (χ4v) is 1.94. The summed E-state index contributed by atoms with van der Waals surface area (Å²) in [6.07, 6.45) is 2.43. The molecule has 1 rings (SSSR count). The van der Waals surface area contributed by atoms with Crippen molar-refractivity contribution in [2.75, 3.05) is 13.1 Å². The van der Waals surface area contributed by atoms with Gasteiger partial charge in [0.25, 0.3) is 0 Å². The number of hydrogen-bond acceptors (Lipinski definition) is 7. The summed E-state index contributed by atoms with van der Waals surface area (Å²) in [5, 5.41) is 15.2. The Morgan fingerprint density at radius 1 is 1.15 bits per heavy atom. The number of nitrogens with one attached hydrogen (secondary N) is 4. The van der Waals surface area contributed by atoms with E-state index < -0.39 is 61.2 Å². The van der Waals surface area contributed by atoms with Crippen molar-refractivity contribution >= 4 is 29.6 Å². The molecule has 4 amide bonds. The van der Waals surface area contributed by atoms with Crippen LogP contribution in [-0.4, -0.2) is 69.8 Å². The molecule has 0 radical (unpaired) electrons. The lowest BCUT2D eigenvalue weighted by Gasteiger charge is -2.19. The summed E-state index contributed by atoms with van der Waals surface area (Å²) >= 11 is 0. The van der Waals surface area contributed by atoms with Crippen molar-refractivity contribution in [1.82, 2.24) is 25.9 Å². The third-order valence-corrected chi connectivity index (χ3v) is 3.23. The SMILES string of the molecule is NC(=O)CC(N)C(=O)NC(Cc1cnc[nH]1)C(=O)NCC(=O)NCC(=O)O. The fourth-order valence-electron chi connectivity index (χ4n) is 1.94. The normalized spacial score (nSPS) is 12.5. The van der Waals surface area contributed by atoms with E-state index in [-0.39, 0.29) is 6.42 Å². The molecule has 0 bridgehead atoms. The molecular weight excluding hydrogens is 362 g/mol. The zero-order chi connectivity index (χ0) is 20.4. The second-order valence-electron chi connectivity index (χ2n) is 5.51. The third-order valence-electron chi connectivity index (χ3n) is 3.23. The van der Waals surface area contributed by atoms with Gasteiger partial charge in [-0.1, -0.05) is 0 Å². The van der Waals surface area contributed by atoms with Crippen molar-refractivity contribution in [2.24, 2.45) is 11.5 Å². The second kappa shape index (κ2) is 10.5. The Morgan fingerprint density at radius 3 is 2.41 bits per heavy atom. The molecule has 0 spiro atoms. The fraction of sp³-hybridized carbons (Fsp3) is 0.429. The number of nitrogens with zero attached hydrogens (tertiary/aromatic N) is 1. The molecule has 2 atom stereocenters. The average molecular weight is 383 g/mol. The van der Waals surface area contributed by atoms with E-state index in [0.29, 0.717) is 5.69 Å². The van der Waals surface area contributed by atoms with Crippen LogP contribution in [0.1, 0.15) is 12.1 Å². The maximum absolute atomic E-state index is 12.3. The molecule has 0 aromatic carbocycles. The number of H-pyrrole nitrogens is 1. The van der Waals surface area contributed by atoms with Crippen molar-refractivity contribution in [1.29, 1.82) is 0 Å². The van der Waals surface area contributed by atoms with Gasteiger partial charge in [-0.25, -0.2) is 4.98 Å². The zero-order valence-corrected chi connectivity index (χ0v) is 14.2. The molecule has 1 heterocycles. The summed E-state index contributed by atoms with van der Waals surface area (Å²) in [7, 11) is 0. The van der Waals surface area contributed by atoms with Gasteiger partial charge in [-0.15, -0.1) is 0 Å². The van der Waals surface area contributed by atoms with Crippen LogP contribution in [-0.2, 0) is 30.4 Å². The number of amides is 4. The molecule has 27 heavy (non-hydrogen) atoms. The molecule has 0 aliphatic rings. The van der Waals surface area contributed by atoms with E-state index in [4.69, 9.17) is 16.6 Å². The topological polar surface area (TPSA) is 222 Å². The summed E-state index contributed by atoms with van der Waals surface area (Å²) < 4.78 is 0. The minimum absolute atomic E-state index is 0.0115. The standard InChI is InChI=1S/C14H21N7O6/c15-8(2-10(16)22)13(26)21-9(1-7-3-17-6-20-7)14(27)19-4-11(23)18-5-12(24)25/h3,6,8-9H,1-2,4-5,15H2,(H2,16,22)(H,17,20)(H,18,23)(H,19,27)(H,21,26)(H,24,25). The first-order valence-electron chi connectivity index (χ1n) is 7.76. The molecule has 0 fully saturated rings. The number of nitrogens with two attached hydrogens (primary N) is 2. The summed E-state index contributed by atoms with van der Waals surface area (Å²) in [5.41, 5.74) is 11.1. The molecule has 0 aliphatic heterocycles. The van der Waals surface area contributed by atoms with Crippen molar-refractivity contribution in [3.05, 3.63) is 18.2 Å². The van der Waals surface area contributed by atoms with E-state index in [0.717, 1.165) is 0 Å². The molecule has 0 saturated heterocycles. The van der Waals surface area contributed by atoms with Crippen LogP contribution in [0.3, 0.4) is 0 Å². The van der Waals surface area contributed by atoms with Gasteiger partial charge in [0.1, 0.15) is 12.6 Å². The minimum atomic E-state index is -1.24. The van der Waals surface area contributed by atoms with E-state index >= 15 is 0 Å². The molecule has 1 aromatic heterocycles. The van der Waals surface area contributed by atoms with Gasteiger partial charge in [0.15, 0.2) is 0 Å². The number of carboxylic acids is 1. The van der Waals surface area contributed by atoms with Gasteiger partial charge in [-0.05, 0) is 0 Å². The summed E-state index contributed by atoms with van der Waals surface area (Å²) in [6, 6.07) is -2.36. The molecule has 0 aliphatic carbocycles. The first kappa shape index (κ1) is 21.6. The maximum Gasteiger partial charge on any atom is 0.322 e. The summed E-state index contributed by atoms with van der Waals surface area (Å²) in [5.74, 6) is -4.22. The first-order chi connectivity index (χ1) is 12.7. The van der Waals surface area contributed by atoms with E-state index in [2.05, 4.69) is 25.9 Å². The smallest absolute Gasteiger partial charge is 0.322 e. The molecule has 2 unspecified atom stereocenters. The lowest BCUT2D eigenvalue weighted by Crippen LogP contribution is -2.54. The number of aromatic amines is 1. The lowest BCUT2D eigenvalue weighted by atomic mass is 10.1. The predicted molar refractivity (Wildman–Crippen MR) is 89.7 cm³/mol. The number of imidazole rings is 1. The number of carboxylic acid groups (broad SMARTS) is 1. The molecule has 148 valence electrons. The van der Waals surface area contributed by atoms with Crippen LogP contribution < -0.4 is 27.4 Å². The highest BCUT2D eigenvalue weighted by Gasteiger charge is 2.25. The minimum Gasteiger partial charge on any atom is -0.480 e. The second-order valence-corrected chi connectivity index (χ2v) is 5.51. The van der Waals surface area contributed by atoms with Crippen molar-refractivity contribution in [2.45, 2.75) is 24.9 Å². The van der Waals surface area contributed by atoms with Crippen LogP contribution >= 0.6 is 0 Å². The van der Waals surface area contributed by atoms with Crippen LogP contribution in [0.15, 0.2) is 12.5 Å². The van der Waals surface area contributed by atoms with Gasteiger partial charge >= 0.3 is 5.97 Å². The van der Waals surface area contributed by atoms with E-state index in [9.17, 15) is 24.0 Å². The summed E-state index contributed by atoms with van der Waals surface area (Å²) in [4.78, 5) is 63.6. The first-order valence-corrected chi connectivity index (χ1v) is 7.76. The molecule has 0 saturated carbocycles. The Labute approximate surface area is 153 Å². The van der Waals surface area contributed by atoms with Crippen LogP contribution in [0.2, 0.25) is 0 Å². The Morgan fingerprint density at radius 2 is 1.85 bits per heavy atom. The molecule has 1 aromatic rings. The van der Waals surface area contributed by atoms with Gasteiger partial charge < -0.3 is 37.5 Å². The Hall–Kier alpha value is -3.48. The quantitative estimate of drug-likeness (QED) is 0.199. The van der Waals surface area contributed by atoms with Gasteiger partial charge in [0.05, 0.1) is 25.3 Å². The number of primary amides is 1. The number of aromatic nitrogens is 2. The van der Waals surface area contributed by atoms with E-state index in [1.165, 1.54) is 12.5 Å². The highest BCUT2D eigenvalue weighted by Crippen LogP contribution is 2.00. The van der Waals surface area contributed by atoms with Crippen LogP contribution in [0.5, 0.6) is 0 Å². The van der Waals surface area contributed by atoms with E-state index in [1.807, 2.05) is 0 Å². The van der Waals surface area contributed by atoms with Gasteiger partial charge in [-0.2, -0.15) is 0 Å². The van der Waals surface area contributed by atoms with Gasteiger partial charge in [-0.3, -0.25) is 24.0 Å². The zero-order valence-electron chi connectivity index (χ0n) is 14.2.